The van der Waals surface area contributed by atoms with E-state index in [-0.39, 0.29) is 17.8 Å². The minimum Gasteiger partial charge on any atom is -0.383 e. The van der Waals surface area contributed by atoms with Gasteiger partial charge in [-0.3, -0.25) is 0 Å². The van der Waals surface area contributed by atoms with Crippen LogP contribution in [0.5, 0.6) is 0 Å². The fourth-order valence-corrected chi connectivity index (χ4v) is 1.31. The summed E-state index contributed by atoms with van der Waals surface area (Å²) in [6.45, 7) is 2.60. The summed E-state index contributed by atoms with van der Waals surface area (Å²) in [4.78, 5) is 0. The van der Waals surface area contributed by atoms with Crippen LogP contribution in [0.25, 0.3) is 0 Å². The van der Waals surface area contributed by atoms with Gasteiger partial charge in [-0.2, -0.15) is 0 Å². The van der Waals surface area contributed by atoms with E-state index in [2.05, 4.69) is 11.2 Å². The van der Waals surface area contributed by atoms with Gasteiger partial charge in [0.25, 0.3) is 0 Å². The zero-order chi connectivity index (χ0) is 7.45. The zero-order valence-electron chi connectivity index (χ0n) is 6.72. The maximum Gasteiger partial charge on any atom is 0.0680 e. The topological polar surface area (TPSA) is 21.3 Å². The highest BCUT2D eigenvalue weighted by Gasteiger charge is 2.31. The van der Waals surface area contributed by atoms with Crippen molar-refractivity contribution in [2.24, 2.45) is 5.41 Å². The van der Waals surface area contributed by atoms with E-state index < -0.39 is 0 Å². The molecule has 0 aromatic heterocycles. The van der Waals surface area contributed by atoms with Gasteiger partial charge in [0.05, 0.1) is 12.0 Å². The molecule has 0 aromatic rings. The molecule has 11 heavy (non-hydrogen) atoms. The molecular formula is C8H14ClNO. The van der Waals surface area contributed by atoms with Gasteiger partial charge < -0.3 is 10.1 Å². The Bertz CT molecular complexity index is 147. The van der Waals surface area contributed by atoms with E-state index >= 15 is 0 Å². The highest BCUT2D eigenvalue weighted by Crippen LogP contribution is 2.23. The third-order valence-corrected chi connectivity index (χ3v) is 1.97. The van der Waals surface area contributed by atoms with Crippen LogP contribution in [0.2, 0.25) is 0 Å². The van der Waals surface area contributed by atoms with Gasteiger partial charge in [0.15, 0.2) is 0 Å². The molecule has 64 valence electrons. The molecule has 1 unspecified atom stereocenters. The molecular weight excluding hydrogens is 162 g/mol. The van der Waals surface area contributed by atoms with Crippen LogP contribution in [0.3, 0.4) is 0 Å². The van der Waals surface area contributed by atoms with Crippen LogP contribution in [0, 0.1) is 17.8 Å². The molecule has 0 radical (unpaired) electrons. The molecule has 1 atom stereocenters. The summed E-state index contributed by atoms with van der Waals surface area (Å²) in [5, 5.41) is 3.23. The van der Waals surface area contributed by atoms with E-state index in [0.717, 1.165) is 19.5 Å². The van der Waals surface area contributed by atoms with Crippen molar-refractivity contribution in [3.8, 4) is 12.3 Å². The first kappa shape index (κ1) is 10.8. The van der Waals surface area contributed by atoms with Crippen molar-refractivity contribution in [3.63, 3.8) is 0 Å². The molecule has 0 amide bonds. The van der Waals surface area contributed by atoms with Crippen molar-refractivity contribution < 1.29 is 4.74 Å². The van der Waals surface area contributed by atoms with Gasteiger partial charge in [-0.1, -0.05) is 5.92 Å². The minimum absolute atomic E-state index is 0. The number of terminal acetylenes is 1. The summed E-state index contributed by atoms with van der Waals surface area (Å²) < 4.78 is 5.04. The highest BCUT2D eigenvalue weighted by atomic mass is 35.5. The molecule has 1 rings (SSSR count). The van der Waals surface area contributed by atoms with Gasteiger partial charge in [0, 0.05) is 13.7 Å². The second kappa shape index (κ2) is 4.61. The summed E-state index contributed by atoms with van der Waals surface area (Å²) in [5.74, 6) is 2.79. The molecule has 1 fully saturated rings. The molecule has 2 nitrogen and oxygen atoms in total. The average Bonchev–Trinajstić information content (AvgIpc) is 2.39. The van der Waals surface area contributed by atoms with E-state index in [9.17, 15) is 0 Å². The number of methoxy groups -OCH3 is 1. The Morgan fingerprint density at radius 2 is 2.45 bits per heavy atom. The van der Waals surface area contributed by atoms with Gasteiger partial charge >= 0.3 is 0 Å². The van der Waals surface area contributed by atoms with E-state index in [1.54, 1.807) is 7.11 Å². The molecule has 0 aliphatic carbocycles. The first-order valence-corrected chi connectivity index (χ1v) is 3.50. The summed E-state index contributed by atoms with van der Waals surface area (Å²) in [5.41, 5.74) is -0.0191. The Kier molecular flexibility index (Phi) is 4.51. The molecule has 1 N–H and O–H groups in total. The van der Waals surface area contributed by atoms with Gasteiger partial charge in [-0.25, -0.2) is 0 Å². The van der Waals surface area contributed by atoms with Crippen molar-refractivity contribution in [1.82, 2.24) is 5.32 Å². The van der Waals surface area contributed by atoms with Crippen molar-refractivity contribution in [2.75, 3.05) is 26.8 Å². The minimum atomic E-state index is -0.0191. The van der Waals surface area contributed by atoms with Crippen molar-refractivity contribution in [3.05, 3.63) is 0 Å². The number of rotatable bonds is 2. The number of halogens is 1. The van der Waals surface area contributed by atoms with E-state index in [0.29, 0.717) is 6.61 Å². The number of ether oxygens (including phenoxy) is 1. The van der Waals surface area contributed by atoms with Crippen LogP contribution in [-0.4, -0.2) is 26.8 Å². The standard InChI is InChI=1S/C8H13NO.ClH/c1-3-8(7-10-2)4-5-9-6-8;/h1,9H,4-7H2,2H3;1H. The van der Waals surface area contributed by atoms with Crippen molar-refractivity contribution in [2.45, 2.75) is 6.42 Å². The van der Waals surface area contributed by atoms with Crippen LogP contribution >= 0.6 is 12.4 Å². The Morgan fingerprint density at radius 1 is 1.73 bits per heavy atom. The number of nitrogens with one attached hydrogen (secondary N) is 1. The van der Waals surface area contributed by atoms with Crippen LogP contribution in [0.1, 0.15) is 6.42 Å². The van der Waals surface area contributed by atoms with Gasteiger partial charge in [-0.05, 0) is 13.0 Å². The Balaban J connectivity index is 0.000001000. The fraction of sp³-hybridized carbons (Fsp3) is 0.750. The molecule has 1 heterocycles. The summed E-state index contributed by atoms with van der Waals surface area (Å²) in [7, 11) is 1.69. The van der Waals surface area contributed by atoms with E-state index in [1.165, 1.54) is 0 Å². The normalized spacial score (nSPS) is 29.1. The largest absolute Gasteiger partial charge is 0.383 e. The summed E-state index contributed by atoms with van der Waals surface area (Å²) in [6, 6.07) is 0. The smallest absolute Gasteiger partial charge is 0.0680 e. The Morgan fingerprint density at radius 3 is 2.82 bits per heavy atom. The third-order valence-electron chi connectivity index (χ3n) is 1.97. The molecule has 1 saturated heterocycles. The lowest BCUT2D eigenvalue weighted by molar-refractivity contribution is 0.128. The van der Waals surface area contributed by atoms with Crippen LogP contribution in [0.15, 0.2) is 0 Å². The predicted octanol–water partition coefficient (Wildman–Crippen LogP) is 0.667. The maximum atomic E-state index is 5.38. The predicted molar refractivity (Wildman–Crippen MR) is 47.9 cm³/mol. The van der Waals surface area contributed by atoms with Crippen LogP contribution in [0.4, 0.5) is 0 Å². The summed E-state index contributed by atoms with van der Waals surface area (Å²) >= 11 is 0. The maximum absolute atomic E-state index is 5.38. The van der Waals surface area contributed by atoms with Crippen molar-refractivity contribution in [1.29, 1.82) is 0 Å². The van der Waals surface area contributed by atoms with Gasteiger partial charge in [-0.15, -0.1) is 18.8 Å². The first-order chi connectivity index (χ1) is 4.83. The van der Waals surface area contributed by atoms with Gasteiger partial charge in [0.2, 0.25) is 0 Å². The molecule has 0 spiro atoms. The molecule has 1 aliphatic heterocycles. The Hall–Kier alpha value is -0.230. The fourth-order valence-electron chi connectivity index (χ4n) is 1.31. The number of hydrogen-bond acceptors (Lipinski definition) is 2. The third kappa shape index (κ3) is 2.37. The second-order valence-corrected chi connectivity index (χ2v) is 2.78. The molecule has 3 heteroatoms. The molecule has 0 aromatic carbocycles. The first-order valence-electron chi connectivity index (χ1n) is 3.50. The second-order valence-electron chi connectivity index (χ2n) is 2.78. The highest BCUT2D eigenvalue weighted by molar-refractivity contribution is 5.85. The van der Waals surface area contributed by atoms with Crippen molar-refractivity contribution >= 4 is 12.4 Å². The SMILES string of the molecule is C#CC1(COC)CCNC1.Cl. The van der Waals surface area contributed by atoms with Crippen LogP contribution < -0.4 is 5.32 Å². The van der Waals surface area contributed by atoms with Gasteiger partial charge in [0.1, 0.15) is 0 Å². The van der Waals surface area contributed by atoms with E-state index in [4.69, 9.17) is 11.2 Å². The quantitative estimate of drug-likeness (QED) is 0.623. The lowest BCUT2D eigenvalue weighted by Crippen LogP contribution is -2.27. The van der Waals surface area contributed by atoms with E-state index in [1.807, 2.05) is 0 Å². The monoisotopic (exact) mass is 175 g/mol. The Labute approximate surface area is 74.1 Å². The molecule has 0 saturated carbocycles. The average molecular weight is 176 g/mol. The molecule has 1 aliphatic rings. The summed E-state index contributed by atoms with van der Waals surface area (Å²) in [6.07, 6.45) is 6.42. The lowest BCUT2D eigenvalue weighted by atomic mass is 9.90. The number of hydrogen-bond donors (Lipinski definition) is 1. The molecule has 0 bridgehead atoms. The lowest BCUT2D eigenvalue weighted by Gasteiger charge is -2.19. The van der Waals surface area contributed by atoms with Crippen LogP contribution in [-0.2, 0) is 4.74 Å². The zero-order valence-corrected chi connectivity index (χ0v) is 7.54.